The summed E-state index contributed by atoms with van der Waals surface area (Å²) in [6.45, 7) is 3.69. The average molecular weight is 186 g/mol. The fraction of sp³-hybridized carbons (Fsp3) is 1.00. The molecule has 0 aromatic carbocycles. The molecule has 0 radical (unpaired) electrons. The minimum Gasteiger partial charge on any atom is -0.312 e. The third-order valence-electron chi connectivity index (χ3n) is 3.13. The van der Waals surface area contributed by atoms with Crippen LogP contribution in [0.3, 0.4) is 0 Å². The van der Waals surface area contributed by atoms with Crippen molar-refractivity contribution in [2.75, 3.05) is 25.4 Å². The van der Waals surface area contributed by atoms with Crippen LogP contribution in [0.5, 0.6) is 0 Å². The van der Waals surface area contributed by atoms with Crippen molar-refractivity contribution in [3.8, 4) is 0 Å². The number of hydrogen-bond donors (Lipinski definition) is 2. The predicted octanol–water partition coefficient (Wildman–Crippen LogP) is 0.742. The summed E-state index contributed by atoms with van der Waals surface area (Å²) < 4.78 is 0. The molecular formula is C9H18N2S. The lowest BCUT2D eigenvalue weighted by Gasteiger charge is -2.37. The first kappa shape index (κ1) is 8.85. The molecular weight excluding hydrogens is 168 g/mol. The maximum Gasteiger partial charge on any atom is 0.0261 e. The lowest BCUT2D eigenvalue weighted by Crippen LogP contribution is -2.48. The van der Waals surface area contributed by atoms with Gasteiger partial charge in [-0.15, -0.1) is 0 Å². The fourth-order valence-electron chi connectivity index (χ4n) is 2.57. The van der Waals surface area contributed by atoms with Crippen LogP contribution in [0.4, 0.5) is 0 Å². The van der Waals surface area contributed by atoms with Gasteiger partial charge in [0.25, 0.3) is 0 Å². The first-order chi connectivity index (χ1) is 5.92. The van der Waals surface area contributed by atoms with Crippen molar-refractivity contribution in [3.63, 3.8) is 0 Å². The molecule has 3 heteroatoms. The van der Waals surface area contributed by atoms with Crippen molar-refractivity contribution in [1.29, 1.82) is 0 Å². The molecule has 1 N–H and O–H groups in total. The van der Waals surface area contributed by atoms with E-state index in [9.17, 15) is 0 Å². The summed E-state index contributed by atoms with van der Waals surface area (Å²) in [6.07, 6.45) is 4.09. The van der Waals surface area contributed by atoms with E-state index in [0.717, 1.165) is 17.8 Å². The van der Waals surface area contributed by atoms with Crippen molar-refractivity contribution in [2.24, 2.45) is 0 Å². The largest absolute Gasteiger partial charge is 0.312 e. The van der Waals surface area contributed by atoms with Crippen molar-refractivity contribution in [2.45, 2.75) is 31.3 Å². The quantitative estimate of drug-likeness (QED) is 0.619. The van der Waals surface area contributed by atoms with Gasteiger partial charge in [0.1, 0.15) is 0 Å². The maximum absolute atomic E-state index is 4.30. The Morgan fingerprint density at radius 1 is 1.42 bits per heavy atom. The van der Waals surface area contributed by atoms with Crippen LogP contribution in [-0.2, 0) is 0 Å². The van der Waals surface area contributed by atoms with Gasteiger partial charge in [0.2, 0.25) is 0 Å². The molecule has 0 spiro atoms. The van der Waals surface area contributed by atoms with E-state index in [0.29, 0.717) is 0 Å². The van der Waals surface area contributed by atoms with Gasteiger partial charge in [-0.05, 0) is 32.4 Å². The highest BCUT2D eigenvalue weighted by Crippen LogP contribution is 2.23. The van der Waals surface area contributed by atoms with Gasteiger partial charge < -0.3 is 5.32 Å². The predicted molar refractivity (Wildman–Crippen MR) is 54.9 cm³/mol. The topological polar surface area (TPSA) is 15.3 Å². The molecule has 0 aromatic rings. The highest BCUT2D eigenvalue weighted by atomic mass is 32.1. The number of fused-ring (bicyclic) bond motifs is 1. The molecule has 70 valence electrons. The van der Waals surface area contributed by atoms with Crippen LogP contribution in [0, 0.1) is 0 Å². The smallest absolute Gasteiger partial charge is 0.0261 e. The Morgan fingerprint density at radius 3 is 3.17 bits per heavy atom. The number of nitrogens with one attached hydrogen (secondary N) is 1. The average Bonchev–Trinajstić information content (AvgIpc) is 2.53. The van der Waals surface area contributed by atoms with E-state index in [1.165, 1.54) is 38.9 Å². The molecule has 2 rings (SSSR count). The Bertz CT molecular complexity index is 149. The molecule has 0 bridgehead atoms. The molecule has 2 saturated heterocycles. The van der Waals surface area contributed by atoms with Crippen LogP contribution in [0.2, 0.25) is 0 Å². The molecule has 2 aliphatic rings. The Labute approximate surface area is 80.1 Å². The van der Waals surface area contributed by atoms with Gasteiger partial charge in [-0.3, -0.25) is 4.90 Å². The summed E-state index contributed by atoms with van der Waals surface area (Å²) in [6, 6.07) is 1.62. The third-order valence-corrected chi connectivity index (χ3v) is 3.33. The maximum atomic E-state index is 4.30. The highest BCUT2D eigenvalue weighted by molar-refractivity contribution is 7.80. The van der Waals surface area contributed by atoms with Gasteiger partial charge >= 0.3 is 0 Å². The lowest BCUT2D eigenvalue weighted by atomic mass is 9.98. The minimum atomic E-state index is 0.790. The van der Waals surface area contributed by atoms with E-state index in [4.69, 9.17) is 0 Å². The zero-order valence-corrected chi connectivity index (χ0v) is 8.39. The lowest BCUT2D eigenvalue weighted by molar-refractivity contribution is 0.147. The first-order valence-electron chi connectivity index (χ1n) is 5.00. The van der Waals surface area contributed by atoms with Gasteiger partial charge in [-0.25, -0.2) is 0 Å². The van der Waals surface area contributed by atoms with E-state index in [1.807, 2.05) is 0 Å². The van der Waals surface area contributed by atoms with Crippen LogP contribution in [0.25, 0.3) is 0 Å². The number of likely N-dealkylation sites (tertiary alicyclic amines) is 1. The monoisotopic (exact) mass is 186 g/mol. The molecule has 2 unspecified atom stereocenters. The van der Waals surface area contributed by atoms with E-state index >= 15 is 0 Å². The molecule has 0 saturated carbocycles. The van der Waals surface area contributed by atoms with Gasteiger partial charge in [0.15, 0.2) is 0 Å². The standard InChI is InChI=1S/C9H18N2S/c12-7-6-11-5-1-2-8-9(11)3-4-10-8/h8-10,12H,1-7H2. The molecule has 0 amide bonds. The first-order valence-corrected chi connectivity index (χ1v) is 5.63. The number of piperidine rings is 1. The molecule has 0 aliphatic carbocycles. The van der Waals surface area contributed by atoms with Crippen molar-refractivity contribution in [1.82, 2.24) is 10.2 Å². The van der Waals surface area contributed by atoms with Crippen LogP contribution in [0.1, 0.15) is 19.3 Å². The minimum absolute atomic E-state index is 0.790. The van der Waals surface area contributed by atoms with Crippen LogP contribution in [-0.4, -0.2) is 42.4 Å². The van der Waals surface area contributed by atoms with Crippen molar-refractivity contribution < 1.29 is 0 Å². The SMILES string of the molecule is SCCN1CCCC2NCCC21. The van der Waals surface area contributed by atoms with Gasteiger partial charge in [-0.1, -0.05) is 0 Å². The summed E-state index contributed by atoms with van der Waals surface area (Å²) in [4.78, 5) is 2.61. The molecule has 2 aliphatic heterocycles. The molecule has 0 aromatic heterocycles. The summed E-state index contributed by atoms with van der Waals surface area (Å²) >= 11 is 4.30. The summed E-state index contributed by atoms with van der Waals surface area (Å²) in [5.41, 5.74) is 0. The third kappa shape index (κ3) is 1.63. The van der Waals surface area contributed by atoms with Crippen LogP contribution in [0.15, 0.2) is 0 Å². The van der Waals surface area contributed by atoms with Gasteiger partial charge in [0.05, 0.1) is 0 Å². The fourth-order valence-corrected chi connectivity index (χ4v) is 2.83. The van der Waals surface area contributed by atoms with Gasteiger partial charge in [-0.2, -0.15) is 12.6 Å². The Balaban J connectivity index is 1.94. The zero-order chi connectivity index (χ0) is 8.39. The number of rotatable bonds is 2. The number of thiol groups is 1. The highest BCUT2D eigenvalue weighted by Gasteiger charge is 2.33. The second-order valence-electron chi connectivity index (χ2n) is 3.82. The number of nitrogens with zero attached hydrogens (tertiary/aromatic N) is 1. The molecule has 2 nitrogen and oxygen atoms in total. The second-order valence-corrected chi connectivity index (χ2v) is 4.27. The Kier molecular flexibility index (Phi) is 2.94. The summed E-state index contributed by atoms with van der Waals surface area (Å²) in [7, 11) is 0. The van der Waals surface area contributed by atoms with Crippen LogP contribution < -0.4 is 5.32 Å². The Morgan fingerprint density at radius 2 is 2.33 bits per heavy atom. The van der Waals surface area contributed by atoms with E-state index < -0.39 is 0 Å². The summed E-state index contributed by atoms with van der Waals surface area (Å²) in [5.74, 6) is 1.00. The van der Waals surface area contributed by atoms with E-state index in [1.54, 1.807) is 0 Å². The number of hydrogen-bond acceptors (Lipinski definition) is 3. The zero-order valence-electron chi connectivity index (χ0n) is 7.50. The van der Waals surface area contributed by atoms with Crippen molar-refractivity contribution >= 4 is 12.6 Å². The Hall–Kier alpha value is 0.270. The van der Waals surface area contributed by atoms with Crippen LogP contribution >= 0.6 is 12.6 Å². The van der Waals surface area contributed by atoms with Gasteiger partial charge in [0, 0.05) is 24.4 Å². The van der Waals surface area contributed by atoms with E-state index in [2.05, 4.69) is 22.8 Å². The summed E-state index contributed by atoms with van der Waals surface area (Å²) in [5, 5.41) is 3.58. The van der Waals surface area contributed by atoms with Crippen molar-refractivity contribution in [3.05, 3.63) is 0 Å². The molecule has 2 heterocycles. The molecule has 2 fully saturated rings. The van der Waals surface area contributed by atoms with E-state index in [-0.39, 0.29) is 0 Å². The molecule has 2 atom stereocenters. The molecule has 12 heavy (non-hydrogen) atoms. The normalized spacial score (nSPS) is 36.8. The second kappa shape index (κ2) is 3.99.